The molecular formula is C16H25N3. The third-order valence-electron chi connectivity index (χ3n) is 6.06. The van der Waals surface area contributed by atoms with E-state index in [1.165, 1.54) is 44.3 Å². The largest absolute Gasteiger partial charge is 0.384 e. The van der Waals surface area contributed by atoms with E-state index in [0.717, 1.165) is 35.7 Å². The van der Waals surface area contributed by atoms with Crippen molar-refractivity contribution in [2.24, 2.45) is 24.8 Å². The van der Waals surface area contributed by atoms with Gasteiger partial charge in [-0.1, -0.05) is 6.92 Å². The Morgan fingerprint density at radius 1 is 1.16 bits per heavy atom. The zero-order valence-corrected chi connectivity index (χ0v) is 12.2. The first-order valence-electron chi connectivity index (χ1n) is 7.93. The number of imidazole rings is 1. The van der Waals surface area contributed by atoms with Crippen LogP contribution in [0, 0.1) is 17.8 Å². The molecule has 3 heteroatoms. The summed E-state index contributed by atoms with van der Waals surface area (Å²) in [6.45, 7) is 2.15. The Hall–Kier alpha value is -0.990. The zero-order chi connectivity index (χ0) is 13.2. The van der Waals surface area contributed by atoms with E-state index in [4.69, 9.17) is 10.7 Å². The molecule has 4 saturated carbocycles. The van der Waals surface area contributed by atoms with Crippen molar-refractivity contribution in [3.63, 3.8) is 0 Å². The van der Waals surface area contributed by atoms with Crippen LogP contribution in [0.3, 0.4) is 0 Å². The Kier molecular flexibility index (Phi) is 2.34. The Balaban J connectivity index is 1.79. The van der Waals surface area contributed by atoms with Crippen LogP contribution in [-0.2, 0) is 18.9 Å². The summed E-state index contributed by atoms with van der Waals surface area (Å²) in [7, 11) is 2.12. The summed E-state index contributed by atoms with van der Waals surface area (Å²) in [5.74, 6) is 5.10. The van der Waals surface area contributed by atoms with Gasteiger partial charge in [0.05, 0.1) is 5.69 Å². The van der Waals surface area contributed by atoms with Crippen molar-refractivity contribution in [3.8, 4) is 0 Å². The van der Waals surface area contributed by atoms with Crippen LogP contribution in [-0.4, -0.2) is 9.55 Å². The van der Waals surface area contributed by atoms with Crippen LogP contribution in [0.4, 0.5) is 5.82 Å². The van der Waals surface area contributed by atoms with Crippen LogP contribution < -0.4 is 5.73 Å². The number of rotatable bonds is 2. The summed E-state index contributed by atoms with van der Waals surface area (Å²) in [6.07, 6.45) is 9.51. The molecule has 0 atom stereocenters. The minimum atomic E-state index is 0.366. The first kappa shape index (κ1) is 11.8. The van der Waals surface area contributed by atoms with Crippen LogP contribution in [0.25, 0.3) is 0 Å². The van der Waals surface area contributed by atoms with E-state index in [1.807, 2.05) is 0 Å². The quantitative estimate of drug-likeness (QED) is 0.887. The lowest BCUT2D eigenvalue weighted by atomic mass is 9.49. The lowest BCUT2D eigenvalue weighted by Crippen LogP contribution is -2.49. The maximum absolute atomic E-state index is 6.23. The topological polar surface area (TPSA) is 43.8 Å². The fourth-order valence-electron chi connectivity index (χ4n) is 5.69. The average molecular weight is 259 g/mol. The van der Waals surface area contributed by atoms with Gasteiger partial charge in [0, 0.05) is 12.5 Å². The Morgan fingerprint density at radius 3 is 2.11 bits per heavy atom. The molecular weight excluding hydrogens is 234 g/mol. The normalized spacial score (nSPS) is 40.0. The van der Waals surface area contributed by atoms with Gasteiger partial charge in [0.1, 0.15) is 11.6 Å². The van der Waals surface area contributed by atoms with Gasteiger partial charge in [0.15, 0.2) is 0 Å². The van der Waals surface area contributed by atoms with Gasteiger partial charge < -0.3 is 10.3 Å². The van der Waals surface area contributed by atoms with Crippen LogP contribution in [0.1, 0.15) is 57.0 Å². The third-order valence-corrected chi connectivity index (χ3v) is 6.06. The highest BCUT2D eigenvalue weighted by molar-refractivity contribution is 5.40. The standard InChI is InChI=1S/C16H25N3/c1-3-13-14(17)19(2)15(18-13)16-7-10-4-11(8-16)6-12(5-10)9-16/h10-12H,3-9,17H2,1-2H3. The maximum atomic E-state index is 6.23. The second-order valence-corrected chi connectivity index (χ2v) is 7.38. The summed E-state index contributed by atoms with van der Waals surface area (Å²) >= 11 is 0. The molecule has 4 fully saturated rings. The molecule has 1 aromatic heterocycles. The highest BCUT2D eigenvalue weighted by atomic mass is 15.1. The molecule has 0 saturated heterocycles. The second kappa shape index (κ2) is 3.77. The van der Waals surface area contributed by atoms with Crippen molar-refractivity contribution in [2.45, 2.75) is 57.3 Å². The molecule has 1 heterocycles. The molecule has 4 aliphatic carbocycles. The van der Waals surface area contributed by atoms with E-state index >= 15 is 0 Å². The number of hydrogen-bond donors (Lipinski definition) is 1. The van der Waals surface area contributed by atoms with Gasteiger partial charge in [0.25, 0.3) is 0 Å². The van der Waals surface area contributed by atoms with Gasteiger partial charge in [-0.2, -0.15) is 0 Å². The molecule has 19 heavy (non-hydrogen) atoms. The zero-order valence-electron chi connectivity index (χ0n) is 12.2. The molecule has 0 radical (unpaired) electrons. The predicted molar refractivity (Wildman–Crippen MR) is 76.8 cm³/mol. The summed E-state index contributed by atoms with van der Waals surface area (Å²) in [5, 5.41) is 0. The second-order valence-electron chi connectivity index (χ2n) is 7.38. The van der Waals surface area contributed by atoms with Gasteiger partial charge in [0.2, 0.25) is 0 Å². The van der Waals surface area contributed by atoms with Crippen molar-refractivity contribution in [2.75, 3.05) is 5.73 Å². The summed E-state index contributed by atoms with van der Waals surface area (Å²) in [5.41, 5.74) is 7.70. The van der Waals surface area contributed by atoms with Crippen molar-refractivity contribution in [3.05, 3.63) is 11.5 Å². The molecule has 104 valence electrons. The number of hydrogen-bond acceptors (Lipinski definition) is 2. The van der Waals surface area contributed by atoms with Crippen LogP contribution in [0.5, 0.6) is 0 Å². The van der Waals surface area contributed by atoms with Gasteiger partial charge in [-0.25, -0.2) is 4.98 Å². The van der Waals surface area contributed by atoms with E-state index in [0.29, 0.717) is 5.41 Å². The van der Waals surface area contributed by atoms with Gasteiger partial charge in [-0.05, 0) is 62.7 Å². The summed E-state index contributed by atoms with van der Waals surface area (Å²) < 4.78 is 2.20. The molecule has 0 aromatic carbocycles. The van der Waals surface area contributed by atoms with Crippen LogP contribution >= 0.6 is 0 Å². The number of aryl methyl sites for hydroxylation is 1. The summed E-state index contributed by atoms with van der Waals surface area (Å²) in [6, 6.07) is 0. The van der Waals surface area contributed by atoms with Crippen LogP contribution in [0.15, 0.2) is 0 Å². The molecule has 0 aliphatic heterocycles. The van der Waals surface area contributed by atoms with Gasteiger partial charge >= 0.3 is 0 Å². The highest BCUT2D eigenvalue weighted by Gasteiger charge is 2.53. The molecule has 1 aromatic rings. The molecule has 0 amide bonds. The smallest absolute Gasteiger partial charge is 0.126 e. The minimum absolute atomic E-state index is 0.366. The molecule has 4 aliphatic rings. The molecule has 0 unspecified atom stereocenters. The fourth-order valence-corrected chi connectivity index (χ4v) is 5.69. The number of aromatic nitrogens is 2. The third kappa shape index (κ3) is 1.53. The molecule has 2 N–H and O–H groups in total. The Morgan fingerprint density at radius 2 is 1.68 bits per heavy atom. The van der Waals surface area contributed by atoms with Crippen LogP contribution in [0.2, 0.25) is 0 Å². The number of nitrogens with zero attached hydrogens (tertiary/aromatic N) is 2. The predicted octanol–water partition coefficient (Wildman–Crippen LogP) is 3.03. The Labute approximate surface area is 115 Å². The van der Waals surface area contributed by atoms with E-state index in [-0.39, 0.29) is 0 Å². The maximum Gasteiger partial charge on any atom is 0.126 e. The van der Waals surface area contributed by atoms with E-state index in [9.17, 15) is 0 Å². The number of nitrogen functional groups attached to an aromatic ring is 1. The van der Waals surface area contributed by atoms with Crippen molar-refractivity contribution in [1.29, 1.82) is 0 Å². The first-order chi connectivity index (χ1) is 9.11. The molecule has 5 rings (SSSR count). The monoisotopic (exact) mass is 259 g/mol. The molecule has 4 bridgehead atoms. The minimum Gasteiger partial charge on any atom is -0.384 e. The fraction of sp³-hybridized carbons (Fsp3) is 0.812. The Bertz CT molecular complexity index is 479. The van der Waals surface area contributed by atoms with E-state index in [1.54, 1.807) is 0 Å². The van der Waals surface area contributed by atoms with Crippen molar-refractivity contribution < 1.29 is 0 Å². The summed E-state index contributed by atoms with van der Waals surface area (Å²) in [4.78, 5) is 4.96. The average Bonchev–Trinajstić information content (AvgIpc) is 2.65. The SMILES string of the molecule is CCc1nc(C23CC4CC(CC(C4)C2)C3)n(C)c1N. The van der Waals surface area contributed by atoms with Crippen molar-refractivity contribution in [1.82, 2.24) is 9.55 Å². The highest BCUT2D eigenvalue weighted by Crippen LogP contribution is 2.60. The molecule has 0 spiro atoms. The van der Waals surface area contributed by atoms with Gasteiger partial charge in [-0.15, -0.1) is 0 Å². The van der Waals surface area contributed by atoms with E-state index < -0.39 is 0 Å². The molecule has 3 nitrogen and oxygen atoms in total. The van der Waals surface area contributed by atoms with Gasteiger partial charge in [-0.3, -0.25) is 0 Å². The van der Waals surface area contributed by atoms with E-state index in [2.05, 4.69) is 18.5 Å². The van der Waals surface area contributed by atoms with Crippen molar-refractivity contribution >= 4 is 5.82 Å². The lowest BCUT2D eigenvalue weighted by Gasteiger charge is -2.56. The number of anilines is 1. The lowest BCUT2D eigenvalue weighted by molar-refractivity contribution is -0.0105. The first-order valence-corrected chi connectivity index (χ1v) is 7.93. The number of nitrogens with two attached hydrogens (primary N) is 1.